The van der Waals surface area contributed by atoms with Crippen molar-refractivity contribution in [1.29, 1.82) is 0 Å². The Bertz CT molecular complexity index is 235. The fourth-order valence-electron chi connectivity index (χ4n) is 2.24. The van der Waals surface area contributed by atoms with Crippen LogP contribution in [0.2, 0.25) is 0 Å². The summed E-state index contributed by atoms with van der Waals surface area (Å²) in [5.74, 6) is 0. The van der Waals surface area contributed by atoms with Gasteiger partial charge < -0.3 is 5.32 Å². The van der Waals surface area contributed by atoms with E-state index in [0.29, 0.717) is 0 Å². The molecule has 0 aromatic carbocycles. The van der Waals surface area contributed by atoms with Gasteiger partial charge in [0.2, 0.25) is 0 Å². The molecule has 1 aliphatic carbocycles. The summed E-state index contributed by atoms with van der Waals surface area (Å²) < 4.78 is 0. The summed E-state index contributed by atoms with van der Waals surface area (Å²) in [5.41, 5.74) is 4.96. The number of hydrogen-bond acceptors (Lipinski definition) is 1. The molecule has 0 aromatic heterocycles. The number of fused-ring (bicyclic) bond motifs is 1. The molecule has 0 saturated carbocycles. The fraction of sp³-hybridized carbons (Fsp3) is 0.636. The van der Waals surface area contributed by atoms with Gasteiger partial charge in [0.05, 0.1) is 0 Å². The van der Waals surface area contributed by atoms with Gasteiger partial charge in [0.1, 0.15) is 0 Å². The Morgan fingerprint density at radius 2 is 2.33 bits per heavy atom. The second-order valence-corrected chi connectivity index (χ2v) is 3.63. The summed E-state index contributed by atoms with van der Waals surface area (Å²) >= 11 is 0. The van der Waals surface area contributed by atoms with Crippen LogP contribution in [0.4, 0.5) is 0 Å². The van der Waals surface area contributed by atoms with Crippen molar-refractivity contribution < 1.29 is 0 Å². The van der Waals surface area contributed by atoms with Gasteiger partial charge in [-0.25, -0.2) is 0 Å². The van der Waals surface area contributed by atoms with Crippen molar-refractivity contribution in [3.05, 3.63) is 22.8 Å². The lowest BCUT2D eigenvalue weighted by molar-refractivity contribution is 0.655. The molecule has 1 aliphatic heterocycles. The number of allylic oxidation sites excluding steroid dienone is 2. The Morgan fingerprint density at radius 1 is 1.42 bits per heavy atom. The topological polar surface area (TPSA) is 12.0 Å². The van der Waals surface area contributed by atoms with Crippen LogP contribution in [0, 0.1) is 0 Å². The molecule has 66 valence electrons. The quantitative estimate of drug-likeness (QED) is 0.626. The van der Waals surface area contributed by atoms with Crippen LogP contribution in [0.15, 0.2) is 22.8 Å². The third-order valence-electron chi connectivity index (χ3n) is 2.95. The highest BCUT2D eigenvalue weighted by molar-refractivity contribution is 5.41. The van der Waals surface area contributed by atoms with E-state index in [2.05, 4.69) is 18.3 Å². The molecule has 2 rings (SSSR count). The van der Waals surface area contributed by atoms with Crippen LogP contribution in [0.3, 0.4) is 0 Å². The van der Waals surface area contributed by atoms with Gasteiger partial charge >= 0.3 is 0 Å². The molecule has 0 spiro atoms. The van der Waals surface area contributed by atoms with Gasteiger partial charge in [0.15, 0.2) is 0 Å². The average Bonchev–Trinajstić information content (AvgIpc) is 2.17. The van der Waals surface area contributed by atoms with E-state index in [4.69, 9.17) is 0 Å². The second kappa shape index (κ2) is 3.44. The van der Waals surface area contributed by atoms with Crippen molar-refractivity contribution >= 4 is 0 Å². The third kappa shape index (κ3) is 1.34. The van der Waals surface area contributed by atoms with Crippen LogP contribution in [0.25, 0.3) is 0 Å². The maximum absolute atomic E-state index is 3.45. The van der Waals surface area contributed by atoms with Crippen LogP contribution in [0.5, 0.6) is 0 Å². The molecular formula is C11H17N. The minimum Gasteiger partial charge on any atom is -0.312 e. The summed E-state index contributed by atoms with van der Waals surface area (Å²) in [7, 11) is 0. The molecule has 2 aliphatic rings. The van der Waals surface area contributed by atoms with Gasteiger partial charge in [0.25, 0.3) is 0 Å². The van der Waals surface area contributed by atoms with Gasteiger partial charge in [-0.1, -0.05) is 18.6 Å². The number of hydrogen-bond donors (Lipinski definition) is 1. The Hall–Kier alpha value is -0.560. The highest BCUT2D eigenvalue weighted by atomic mass is 14.9. The molecule has 1 saturated heterocycles. The van der Waals surface area contributed by atoms with E-state index in [1.165, 1.54) is 32.2 Å². The summed E-state index contributed by atoms with van der Waals surface area (Å²) in [6, 6.07) is 0. The minimum atomic E-state index is 1.12. The Labute approximate surface area is 74.5 Å². The second-order valence-electron chi connectivity index (χ2n) is 3.63. The van der Waals surface area contributed by atoms with E-state index in [-0.39, 0.29) is 0 Å². The normalized spacial score (nSPS) is 23.6. The molecular weight excluding hydrogens is 146 g/mol. The maximum Gasteiger partial charge on any atom is 0.0207 e. The van der Waals surface area contributed by atoms with Crippen molar-refractivity contribution in [2.24, 2.45) is 0 Å². The zero-order valence-corrected chi connectivity index (χ0v) is 7.82. The smallest absolute Gasteiger partial charge is 0.0207 e. The van der Waals surface area contributed by atoms with Crippen molar-refractivity contribution in [2.45, 2.75) is 32.6 Å². The lowest BCUT2D eigenvalue weighted by atomic mass is 9.86. The lowest BCUT2D eigenvalue weighted by Gasteiger charge is -2.26. The molecule has 1 N–H and O–H groups in total. The van der Waals surface area contributed by atoms with Gasteiger partial charge in [-0.15, -0.1) is 0 Å². The predicted octanol–water partition coefficient (Wildman–Crippen LogP) is 2.41. The first-order chi connectivity index (χ1) is 5.92. The minimum absolute atomic E-state index is 1.12. The molecule has 1 heteroatoms. The van der Waals surface area contributed by atoms with Crippen molar-refractivity contribution in [3.8, 4) is 0 Å². The molecule has 0 radical (unpaired) electrons. The summed E-state index contributed by atoms with van der Waals surface area (Å²) in [6.45, 7) is 4.57. The van der Waals surface area contributed by atoms with Gasteiger partial charge in [-0.2, -0.15) is 0 Å². The third-order valence-corrected chi connectivity index (χ3v) is 2.95. The van der Waals surface area contributed by atoms with Gasteiger partial charge in [-0.05, 0) is 43.4 Å². The first-order valence-corrected chi connectivity index (χ1v) is 5.03. The monoisotopic (exact) mass is 163 g/mol. The number of piperidine rings is 1. The first-order valence-electron chi connectivity index (χ1n) is 5.03. The number of nitrogens with one attached hydrogen (secondary N) is 1. The van der Waals surface area contributed by atoms with E-state index < -0.39 is 0 Å². The highest BCUT2D eigenvalue weighted by Crippen LogP contribution is 2.30. The molecule has 12 heavy (non-hydrogen) atoms. The number of rotatable bonds is 1. The molecule has 0 aromatic rings. The highest BCUT2D eigenvalue weighted by Gasteiger charge is 2.17. The van der Waals surface area contributed by atoms with E-state index in [1.807, 2.05) is 0 Å². The summed E-state index contributed by atoms with van der Waals surface area (Å²) in [5, 5.41) is 3.45. The Balaban J connectivity index is 2.27. The summed E-state index contributed by atoms with van der Waals surface area (Å²) in [4.78, 5) is 0. The van der Waals surface area contributed by atoms with E-state index in [9.17, 15) is 0 Å². The SMILES string of the molecule is CCC1=C2CNCCC2=CCC1. The Morgan fingerprint density at radius 3 is 3.17 bits per heavy atom. The molecule has 1 nitrogen and oxygen atoms in total. The van der Waals surface area contributed by atoms with E-state index >= 15 is 0 Å². The van der Waals surface area contributed by atoms with Crippen LogP contribution in [-0.2, 0) is 0 Å². The molecule has 0 atom stereocenters. The standard InChI is InChI=1S/C11H17N/c1-2-9-4-3-5-10-6-7-12-8-11(9)10/h5,12H,2-4,6-8H2,1H3. The van der Waals surface area contributed by atoms with Crippen LogP contribution in [-0.4, -0.2) is 13.1 Å². The Kier molecular flexibility index (Phi) is 2.31. The molecule has 1 fully saturated rings. The summed E-state index contributed by atoms with van der Waals surface area (Å²) in [6.07, 6.45) is 7.52. The molecule has 0 amide bonds. The predicted molar refractivity (Wildman–Crippen MR) is 52.1 cm³/mol. The van der Waals surface area contributed by atoms with Crippen LogP contribution in [0.1, 0.15) is 32.6 Å². The average molecular weight is 163 g/mol. The van der Waals surface area contributed by atoms with Crippen molar-refractivity contribution in [3.63, 3.8) is 0 Å². The van der Waals surface area contributed by atoms with Gasteiger partial charge in [0, 0.05) is 6.54 Å². The maximum atomic E-state index is 3.45. The molecule has 0 bridgehead atoms. The van der Waals surface area contributed by atoms with Crippen molar-refractivity contribution in [1.82, 2.24) is 5.32 Å². The van der Waals surface area contributed by atoms with Crippen LogP contribution >= 0.6 is 0 Å². The largest absolute Gasteiger partial charge is 0.312 e. The zero-order valence-electron chi connectivity index (χ0n) is 7.82. The van der Waals surface area contributed by atoms with E-state index in [0.717, 1.165) is 6.54 Å². The fourth-order valence-corrected chi connectivity index (χ4v) is 2.24. The van der Waals surface area contributed by atoms with Gasteiger partial charge in [-0.3, -0.25) is 0 Å². The van der Waals surface area contributed by atoms with Crippen molar-refractivity contribution in [2.75, 3.05) is 13.1 Å². The first kappa shape index (κ1) is 8.06. The zero-order chi connectivity index (χ0) is 8.39. The molecule has 0 unspecified atom stereocenters. The van der Waals surface area contributed by atoms with E-state index in [1.54, 1.807) is 16.7 Å². The molecule has 1 heterocycles. The van der Waals surface area contributed by atoms with Crippen LogP contribution < -0.4 is 5.32 Å². The lowest BCUT2D eigenvalue weighted by Crippen LogP contribution is -2.27.